The lowest BCUT2D eigenvalue weighted by Crippen LogP contribution is -2.42. The van der Waals surface area contributed by atoms with Gasteiger partial charge >= 0.3 is 0 Å². The lowest BCUT2D eigenvalue weighted by atomic mass is 10.0. The van der Waals surface area contributed by atoms with E-state index in [0.717, 1.165) is 19.0 Å². The number of hydrogen-bond acceptors (Lipinski definition) is 4. The predicted molar refractivity (Wildman–Crippen MR) is 72.6 cm³/mol. The van der Waals surface area contributed by atoms with Gasteiger partial charge in [-0.05, 0) is 25.3 Å². The summed E-state index contributed by atoms with van der Waals surface area (Å²) in [5.41, 5.74) is 0. The number of methoxy groups -OCH3 is 1. The van der Waals surface area contributed by atoms with Crippen LogP contribution in [0.3, 0.4) is 0 Å². The van der Waals surface area contributed by atoms with Crippen LogP contribution in [0.5, 0.6) is 0 Å². The maximum atomic E-state index is 11.5. The van der Waals surface area contributed by atoms with Crippen molar-refractivity contribution < 1.29 is 9.53 Å². The summed E-state index contributed by atoms with van der Waals surface area (Å²) in [7, 11) is 1.65. The van der Waals surface area contributed by atoms with E-state index in [4.69, 9.17) is 4.74 Å². The van der Waals surface area contributed by atoms with Gasteiger partial charge < -0.3 is 20.3 Å². The van der Waals surface area contributed by atoms with Gasteiger partial charge in [0.25, 0.3) is 0 Å². The Balaban J connectivity index is 1.97. The summed E-state index contributed by atoms with van der Waals surface area (Å²) in [5.74, 6) is 0.862. The van der Waals surface area contributed by atoms with Crippen LogP contribution < -0.4 is 10.6 Å². The summed E-state index contributed by atoms with van der Waals surface area (Å²) in [6.07, 6.45) is 2.62. The average Bonchev–Trinajstić information content (AvgIpc) is 2.35. The number of ether oxygens (including phenoxy) is 1. The van der Waals surface area contributed by atoms with Crippen molar-refractivity contribution in [3.8, 4) is 0 Å². The molecular weight excluding hydrogens is 230 g/mol. The Labute approximate surface area is 110 Å². The number of amides is 1. The number of piperidine rings is 1. The number of likely N-dealkylation sites (tertiary alicyclic amines) is 1. The van der Waals surface area contributed by atoms with Crippen LogP contribution in [-0.4, -0.2) is 63.8 Å². The normalized spacial score (nSPS) is 20.9. The van der Waals surface area contributed by atoms with E-state index < -0.39 is 0 Å². The van der Waals surface area contributed by atoms with Crippen LogP contribution in [0.2, 0.25) is 0 Å². The molecule has 0 aliphatic carbocycles. The molecule has 1 amide bonds. The van der Waals surface area contributed by atoms with Crippen LogP contribution in [0.15, 0.2) is 0 Å². The lowest BCUT2D eigenvalue weighted by Gasteiger charge is -2.30. The zero-order valence-electron chi connectivity index (χ0n) is 11.7. The van der Waals surface area contributed by atoms with Crippen molar-refractivity contribution in [1.82, 2.24) is 15.5 Å². The van der Waals surface area contributed by atoms with E-state index in [1.165, 1.54) is 25.9 Å². The van der Waals surface area contributed by atoms with E-state index in [1.54, 1.807) is 7.11 Å². The fourth-order valence-electron chi connectivity index (χ4n) is 2.28. The van der Waals surface area contributed by atoms with Crippen LogP contribution >= 0.6 is 0 Å². The minimum Gasteiger partial charge on any atom is -0.383 e. The molecular formula is C13H27N3O2. The molecule has 5 heteroatoms. The molecule has 0 saturated carbocycles. The highest BCUT2D eigenvalue weighted by Crippen LogP contribution is 2.14. The van der Waals surface area contributed by atoms with Crippen molar-refractivity contribution in [2.45, 2.75) is 19.8 Å². The molecule has 5 nitrogen and oxygen atoms in total. The van der Waals surface area contributed by atoms with Gasteiger partial charge in [-0.3, -0.25) is 4.79 Å². The highest BCUT2D eigenvalue weighted by molar-refractivity contribution is 5.77. The van der Waals surface area contributed by atoms with Crippen LogP contribution in [0.4, 0.5) is 0 Å². The number of rotatable bonds is 8. The van der Waals surface area contributed by atoms with E-state index in [-0.39, 0.29) is 5.91 Å². The highest BCUT2D eigenvalue weighted by Gasteiger charge is 2.15. The molecule has 2 N–H and O–H groups in total. The second-order valence-corrected chi connectivity index (χ2v) is 5.07. The molecule has 1 atom stereocenters. The number of nitrogens with zero attached hydrogens (tertiary/aromatic N) is 1. The highest BCUT2D eigenvalue weighted by atomic mass is 16.5. The minimum absolute atomic E-state index is 0.0659. The van der Waals surface area contributed by atoms with Crippen LogP contribution in [0.25, 0.3) is 0 Å². The molecule has 0 spiro atoms. The molecule has 1 aliphatic heterocycles. The van der Waals surface area contributed by atoms with E-state index in [1.807, 2.05) is 0 Å². The third-order valence-corrected chi connectivity index (χ3v) is 3.26. The summed E-state index contributed by atoms with van der Waals surface area (Å²) in [4.78, 5) is 13.9. The van der Waals surface area contributed by atoms with Gasteiger partial charge in [-0.1, -0.05) is 6.92 Å². The topological polar surface area (TPSA) is 53.6 Å². The maximum Gasteiger partial charge on any atom is 0.234 e. The predicted octanol–water partition coefficient (Wildman–Crippen LogP) is 0.0705. The molecule has 1 heterocycles. The van der Waals surface area contributed by atoms with Crippen LogP contribution in [-0.2, 0) is 9.53 Å². The summed E-state index contributed by atoms with van der Waals surface area (Å²) in [6.45, 7) is 8.08. The molecule has 0 bridgehead atoms. The fourth-order valence-corrected chi connectivity index (χ4v) is 2.28. The van der Waals surface area contributed by atoms with Gasteiger partial charge in [0.1, 0.15) is 0 Å². The molecule has 0 aromatic heterocycles. The lowest BCUT2D eigenvalue weighted by molar-refractivity contribution is -0.120. The molecule has 0 aromatic rings. The molecule has 1 fully saturated rings. The van der Waals surface area contributed by atoms with E-state index in [9.17, 15) is 4.79 Å². The van der Waals surface area contributed by atoms with E-state index in [0.29, 0.717) is 19.7 Å². The van der Waals surface area contributed by atoms with Crippen molar-refractivity contribution in [2.75, 3.05) is 53.0 Å². The first-order valence-corrected chi connectivity index (χ1v) is 6.91. The summed E-state index contributed by atoms with van der Waals surface area (Å²) < 4.78 is 4.89. The molecule has 18 heavy (non-hydrogen) atoms. The summed E-state index contributed by atoms with van der Waals surface area (Å²) in [5, 5.41) is 5.97. The Morgan fingerprint density at radius 1 is 1.44 bits per heavy atom. The van der Waals surface area contributed by atoms with Crippen molar-refractivity contribution in [3.05, 3.63) is 0 Å². The van der Waals surface area contributed by atoms with Crippen molar-refractivity contribution in [2.24, 2.45) is 5.92 Å². The number of nitrogens with one attached hydrogen (secondary N) is 2. The third kappa shape index (κ3) is 6.93. The molecule has 1 rings (SSSR count). The Hall–Kier alpha value is -0.650. The Morgan fingerprint density at radius 3 is 3.00 bits per heavy atom. The second kappa shape index (κ2) is 9.30. The maximum absolute atomic E-state index is 11.5. The van der Waals surface area contributed by atoms with Crippen molar-refractivity contribution in [3.63, 3.8) is 0 Å². The van der Waals surface area contributed by atoms with Gasteiger partial charge in [0, 0.05) is 33.3 Å². The zero-order chi connectivity index (χ0) is 13.2. The second-order valence-electron chi connectivity index (χ2n) is 5.07. The molecule has 0 radical (unpaired) electrons. The van der Waals surface area contributed by atoms with Crippen LogP contribution in [0, 0.1) is 5.92 Å². The monoisotopic (exact) mass is 257 g/mol. The molecule has 1 aliphatic rings. The molecule has 1 unspecified atom stereocenters. The van der Waals surface area contributed by atoms with E-state index >= 15 is 0 Å². The number of hydrogen-bond donors (Lipinski definition) is 2. The first-order valence-electron chi connectivity index (χ1n) is 6.91. The Kier molecular flexibility index (Phi) is 7.96. The van der Waals surface area contributed by atoms with Gasteiger partial charge in [0.15, 0.2) is 0 Å². The van der Waals surface area contributed by atoms with E-state index in [2.05, 4.69) is 22.5 Å². The summed E-state index contributed by atoms with van der Waals surface area (Å²) in [6, 6.07) is 0. The number of carbonyl (C=O) groups is 1. The molecule has 0 aromatic carbocycles. The van der Waals surface area contributed by atoms with Gasteiger partial charge in [0.2, 0.25) is 5.91 Å². The number of carbonyl (C=O) groups excluding carboxylic acids is 1. The first kappa shape index (κ1) is 15.4. The largest absolute Gasteiger partial charge is 0.383 e. The van der Waals surface area contributed by atoms with Crippen molar-refractivity contribution >= 4 is 5.91 Å². The molecule has 106 valence electrons. The standard InChI is InChI=1S/C13H27N3O2/c1-12-4-3-7-16(11-12)8-5-15-13(17)10-14-6-9-18-2/h12,14H,3-11H2,1-2H3,(H,15,17). The van der Waals surface area contributed by atoms with Gasteiger partial charge in [-0.2, -0.15) is 0 Å². The first-order chi connectivity index (χ1) is 8.72. The Bertz CT molecular complexity index is 236. The quantitative estimate of drug-likeness (QED) is 0.604. The van der Waals surface area contributed by atoms with Crippen LogP contribution in [0.1, 0.15) is 19.8 Å². The van der Waals surface area contributed by atoms with Crippen molar-refractivity contribution in [1.29, 1.82) is 0 Å². The SMILES string of the molecule is COCCNCC(=O)NCCN1CCCC(C)C1. The Morgan fingerprint density at radius 2 is 2.28 bits per heavy atom. The smallest absolute Gasteiger partial charge is 0.234 e. The fraction of sp³-hybridized carbons (Fsp3) is 0.923. The third-order valence-electron chi connectivity index (χ3n) is 3.26. The van der Waals surface area contributed by atoms with Gasteiger partial charge in [-0.25, -0.2) is 0 Å². The minimum atomic E-state index is 0.0659. The average molecular weight is 257 g/mol. The summed E-state index contributed by atoms with van der Waals surface area (Å²) >= 11 is 0. The van der Waals surface area contributed by atoms with Gasteiger partial charge in [0.05, 0.1) is 13.2 Å². The van der Waals surface area contributed by atoms with Gasteiger partial charge in [-0.15, -0.1) is 0 Å². The molecule has 1 saturated heterocycles. The zero-order valence-corrected chi connectivity index (χ0v) is 11.7.